The number of hydrogen-bond acceptors (Lipinski definition) is 2. The molecular weight excluding hydrogens is 143 g/mol. The lowest BCUT2D eigenvalue weighted by molar-refractivity contribution is -0.794. The van der Waals surface area contributed by atoms with Crippen molar-refractivity contribution in [1.29, 1.82) is 5.26 Å². The number of nitrogens with zero attached hydrogens (tertiary/aromatic N) is 2. The molecule has 0 unspecified atom stereocenters. The van der Waals surface area contributed by atoms with Crippen LogP contribution in [0.5, 0.6) is 0 Å². The molecule has 0 spiro atoms. The van der Waals surface area contributed by atoms with E-state index in [4.69, 9.17) is 5.26 Å². The van der Waals surface area contributed by atoms with Crippen LogP contribution in [0.15, 0.2) is 0 Å². The molecule has 0 bridgehead atoms. The summed E-state index contributed by atoms with van der Waals surface area (Å²) in [6.07, 6.45) is 0.185. The number of nitriles is 1. The molecule has 1 aliphatic rings. The van der Waals surface area contributed by atoms with E-state index in [1.165, 1.54) is 0 Å². The molecule has 0 saturated carbocycles. The van der Waals surface area contributed by atoms with E-state index in [1.54, 1.807) is 11.6 Å². The summed E-state index contributed by atoms with van der Waals surface area (Å²) in [5, 5.41) is 8.75. The van der Waals surface area contributed by atoms with E-state index < -0.39 is 0 Å². The van der Waals surface area contributed by atoms with Gasteiger partial charge in [-0.3, -0.25) is 0 Å². The fourth-order valence-electron chi connectivity index (χ4n) is 1.17. The lowest BCUT2D eigenvalue weighted by Gasteiger charge is -2.41. The number of quaternary nitrogens is 1. The van der Waals surface area contributed by atoms with E-state index in [0.29, 0.717) is 0 Å². The molecule has 0 amide bonds. The largest absolute Gasteiger partial charge is 0.517 e. The Bertz CT molecular complexity index is 168. The van der Waals surface area contributed by atoms with E-state index in [2.05, 4.69) is 19.9 Å². The molecule has 1 aliphatic heterocycles. The summed E-state index contributed by atoms with van der Waals surface area (Å²) in [6, 6.07) is 0. The Morgan fingerprint density at radius 3 is 2.90 bits per heavy atom. The SMILES string of the molecule is CC[N@@+]1(C)CCS[B-]1C#N. The summed E-state index contributed by atoms with van der Waals surface area (Å²) in [4.78, 5) is 0. The van der Waals surface area contributed by atoms with E-state index in [1.807, 2.05) is 0 Å². The highest BCUT2D eigenvalue weighted by molar-refractivity contribution is 8.25. The Labute approximate surface area is 66.8 Å². The summed E-state index contributed by atoms with van der Waals surface area (Å²) in [5.74, 6) is 3.48. The standard InChI is InChI=1S/C6H12BN2S/c1-3-9(2)4-5-10-7(9)6-8/h3-5H2,1-2H3/t9-/m0/s1. The van der Waals surface area contributed by atoms with Crippen molar-refractivity contribution < 1.29 is 4.39 Å². The van der Waals surface area contributed by atoms with Gasteiger partial charge in [0.1, 0.15) is 0 Å². The van der Waals surface area contributed by atoms with Crippen LogP contribution in [0, 0.1) is 11.2 Å². The zero-order valence-electron chi connectivity index (χ0n) is 6.50. The van der Waals surface area contributed by atoms with Gasteiger partial charge in [-0.2, -0.15) is 0 Å². The first-order valence-corrected chi connectivity index (χ1v) is 4.63. The second kappa shape index (κ2) is 2.85. The highest BCUT2D eigenvalue weighted by Crippen LogP contribution is 2.24. The van der Waals surface area contributed by atoms with E-state index in [9.17, 15) is 0 Å². The van der Waals surface area contributed by atoms with Gasteiger partial charge in [0.25, 0.3) is 0 Å². The van der Waals surface area contributed by atoms with Gasteiger partial charge in [0.15, 0.2) is 0 Å². The summed E-state index contributed by atoms with van der Waals surface area (Å²) in [6.45, 7) is 4.38. The van der Waals surface area contributed by atoms with Gasteiger partial charge in [-0.25, -0.2) is 5.26 Å². The van der Waals surface area contributed by atoms with Crippen LogP contribution in [0.1, 0.15) is 6.92 Å². The summed E-state index contributed by atoms with van der Waals surface area (Å²) in [5.41, 5.74) is 0. The summed E-state index contributed by atoms with van der Waals surface area (Å²) >= 11 is 1.78. The molecule has 0 aromatic rings. The minimum atomic E-state index is 0.185. The Morgan fingerprint density at radius 2 is 2.50 bits per heavy atom. The molecule has 1 fully saturated rings. The second-order valence-corrected chi connectivity index (χ2v) is 4.06. The fraction of sp³-hybridized carbons (Fsp3) is 0.833. The zero-order valence-corrected chi connectivity index (χ0v) is 7.32. The quantitative estimate of drug-likeness (QED) is 0.521. The molecule has 1 heterocycles. The van der Waals surface area contributed by atoms with Crippen molar-refractivity contribution in [3.63, 3.8) is 0 Å². The van der Waals surface area contributed by atoms with Crippen LogP contribution in [0.3, 0.4) is 0 Å². The Hall–Kier alpha value is -0.135. The second-order valence-electron chi connectivity index (χ2n) is 2.87. The number of rotatable bonds is 1. The minimum absolute atomic E-state index is 0.185. The first kappa shape index (κ1) is 7.97. The van der Waals surface area contributed by atoms with Crippen molar-refractivity contribution in [3.8, 4) is 5.97 Å². The lowest BCUT2D eigenvalue weighted by atomic mass is 9.88. The maximum Gasteiger partial charge on any atom is 0.308 e. The number of hydrogen-bond donors (Lipinski definition) is 0. The molecule has 0 aromatic heterocycles. The minimum Gasteiger partial charge on any atom is -0.517 e. The predicted molar refractivity (Wildman–Crippen MR) is 45.4 cm³/mol. The first-order chi connectivity index (χ1) is 4.73. The van der Waals surface area contributed by atoms with E-state index in [-0.39, 0.29) is 6.13 Å². The topological polar surface area (TPSA) is 23.8 Å². The Kier molecular flexibility index (Phi) is 2.27. The van der Waals surface area contributed by atoms with Crippen molar-refractivity contribution in [2.24, 2.45) is 0 Å². The van der Waals surface area contributed by atoms with Gasteiger partial charge in [-0.05, 0) is 6.92 Å². The van der Waals surface area contributed by atoms with Crippen LogP contribution in [0.25, 0.3) is 0 Å². The molecule has 1 radical (unpaired) electrons. The maximum absolute atomic E-state index is 8.75. The molecule has 0 aliphatic carbocycles. The Balaban J connectivity index is 2.67. The van der Waals surface area contributed by atoms with Crippen molar-refractivity contribution in [1.82, 2.24) is 0 Å². The van der Waals surface area contributed by atoms with Crippen molar-refractivity contribution >= 4 is 17.7 Å². The van der Waals surface area contributed by atoms with E-state index >= 15 is 0 Å². The smallest absolute Gasteiger partial charge is 0.308 e. The van der Waals surface area contributed by atoms with Crippen LogP contribution >= 0.6 is 11.6 Å². The molecule has 1 atom stereocenters. The average Bonchev–Trinajstić information content (AvgIpc) is 2.32. The molecular formula is C6H12BN2S. The van der Waals surface area contributed by atoms with Crippen molar-refractivity contribution in [2.45, 2.75) is 6.92 Å². The van der Waals surface area contributed by atoms with Crippen LogP contribution in [-0.4, -0.2) is 36.4 Å². The van der Waals surface area contributed by atoms with Gasteiger partial charge in [-0.1, -0.05) is 5.97 Å². The van der Waals surface area contributed by atoms with Gasteiger partial charge in [0.05, 0.1) is 0 Å². The first-order valence-electron chi connectivity index (χ1n) is 3.58. The molecule has 1 saturated heterocycles. The van der Waals surface area contributed by atoms with Crippen LogP contribution < -0.4 is 0 Å². The molecule has 0 N–H and O–H groups in total. The third-order valence-electron chi connectivity index (χ3n) is 2.28. The molecule has 4 heteroatoms. The average molecular weight is 155 g/mol. The van der Waals surface area contributed by atoms with Gasteiger partial charge >= 0.3 is 6.13 Å². The summed E-state index contributed by atoms with van der Waals surface area (Å²) in [7, 11) is 2.16. The van der Waals surface area contributed by atoms with Crippen molar-refractivity contribution in [2.75, 3.05) is 25.9 Å². The van der Waals surface area contributed by atoms with E-state index in [0.717, 1.165) is 23.2 Å². The van der Waals surface area contributed by atoms with Crippen LogP contribution in [-0.2, 0) is 0 Å². The monoisotopic (exact) mass is 155 g/mol. The lowest BCUT2D eigenvalue weighted by Crippen LogP contribution is -2.49. The normalized spacial score (nSPS) is 34.1. The van der Waals surface area contributed by atoms with Crippen molar-refractivity contribution in [3.05, 3.63) is 0 Å². The Morgan fingerprint density at radius 1 is 1.80 bits per heavy atom. The fourth-order valence-corrected chi connectivity index (χ4v) is 2.61. The van der Waals surface area contributed by atoms with Gasteiger partial charge in [-0.15, -0.1) is 0 Å². The molecule has 0 aromatic carbocycles. The molecule has 2 nitrogen and oxygen atoms in total. The highest BCUT2D eigenvalue weighted by atomic mass is 32.2. The predicted octanol–water partition coefficient (Wildman–Crippen LogP) is 0.751. The van der Waals surface area contributed by atoms with Gasteiger partial charge in [0.2, 0.25) is 0 Å². The van der Waals surface area contributed by atoms with Gasteiger partial charge < -0.3 is 16.0 Å². The molecule has 10 heavy (non-hydrogen) atoms. The third-order valence-corrected chi connectivity index (χ3v) is 3.63. The highest BCUT2D eigenvalue weighted by Gasteiger charge is 2.28. The molecule has 55 valence electrons. The van der Waals surface area contributed by atoms with Gasteiger partial charge in [0, 0.05) is 25.9 Å². The van der Waals surface area contributed by atoms with Crippen LogP contribution in [0.4, 0.5) is 0 Å². The van der Waals surface area contributed by atoms with Crippen LogP contribution in [0.2, 0.25) is 0 Å². The molecule has 1 rings (SSSR count). The summed E-state index contributed by atoms with van der Waals surface area (Å²) < 4.78 is 0.932. The maximum atomic E-state index is 8.75. The zero-order chi connectivity index (χ0) is 7.61. The third kappa shape index (κ3) is 1.16.